The summed E-state index contributed by atoms with van der Waals surface area (Å²) in [6, 6.07) is 0. The van der Waals surface area contributed by atoms with E-state index in [4.69, 9.17) is 9.26 Å². The molecule has 0 bridgehead atoms. The number of hydrogen-bond donors (Lipinski definition) is 0. The molecule has 8 heteroatoms. The predicted molar refractivity (Wildman–Crippen MR) is 61.4 cm³/mol. The maximum atomic E-state index is 11.7. The quantitative estimate of drug-likeness (QED) is 0.724. The average Bonchev–Trinajstić information content (AvgIpc) is 2.86. The lowest BCUT2D eigenvalue weighted by atomic mass is 9.81. The van der Waals surface area contributed by atoms with Crippen molar-refractivity contribution in [1.82, 2.24) is 14.4 Å². The van der Waals surface area contributed by atoms with Gasteiger partial charge in [-0.2, -0.15) is 4.98 Å². The Hall–Kier alpha value is -0.990. The first-order valence-corrected chi connectivity index (χ1v) is 7.60. The second-order valence-electron chi connectivity index (χ2n) is 5.07. The Morgan fingerprint density at radius 2 is 2.28 bits per heavy atom. The third kappa shape index (κ3) is 1.67. The molecule has 0 amide bonds. The summed E-state index contributed by atoms with van der Waals surface area (Å²) >= 11 is 0. The molecule has 0 spiro atoms. The summed E-state index contributed by atoms with van der Waals surface area (Å²) in [5, 5.41) is 3.79. The van der Waals surface area contributed by atoms with Gasteiger partial charge >= 0.3 is 0 Å². The van der Waals surface area contributed by atoms with Crippen molar-refractivity contribution in [2.75, 3.05) is 32.6 Å². The number of aromatic nitrogens is 2. The highest BCUT2D eigenvalue weighted by molar-refractivity contribution is 7.88. The largest absolute Gasteiger partial charge is 0.380 e. The zero-order valence-electron chi connectivity index (χ0n) is 10.3. The molecule has 2 fully saturated rings. The van der Waals surface area contributed by atoms with Crippen molar-refractivity contribution < 1.29 is 17.7 Å². The highest BCUT2D eigenvalue weighted by atomic mass is 32.2. The number of rotatable bonds is 2. The number of ether oxygens (including phenoxy) is 1. The zero-order chi connectivity index (χ0) is 13.0. The fraction of sp³-hybridized carbons (Fsp3) is 0.800. The topological polar surface area (TPSA) is 85.5 Å². The minimum Gasteiger partial charge on any atom is -0.380 e. The molecular weight excluding hydrogens is 258 g/mol. The van der Waals surface area contributed by atoms with Crippen molar-refractivity contribution in [1.29, 1.82) is 0 Å². The van der Waals surface area contributed by atoms with E-state index in [2.05, 4.69) is 10.1 Å². The number of sulfonamides is 1. The maximum absolute atomic E-state index is 11.7. The van der Waals surface area contributed by atoms with E-state index in [1.165, 1.54) is 10.6 Å². The molecule has 0 N–H and O–H groups in total. The Morgan fingerprint density at radius 1 is 1.50 bits per heavy atom. The molecule has 2 atom stereocenters. The van der Waals surface area contributed by atoms with Crippen LogP contribution in [0, 0.1) is 12.8 Å². The molecule has 3 heterocycles. The summed E-state index contributed by atoms with van der Waals surface area (Å²) in [4.78, 5) is 4.26. The van der Waals surface area contributed by atoms with Crippen LogP contribution in [0.5, 0.6) is 0 Å². The SMILES string of the molecule is Cc1noc([C@]23COC[C@H]2CN(S(C)(=O)=O)C3)n1. The highest BCUT2D eigenvalue weighted by Crippen LogP contribution is 2.43. The van der Waals surface area contributed by atoms with Gasteiger partial charge in [-0.25, -0.2) is 12.7 Å². The molecule has 0 aliphatic carbocycles. The lowest BCUT2D eigenvalue weighted by molar-refractivity contribution is 0.153. The summed E-state index contributed by atoms with van der Waals surface area (Å²) in [5.41, 5.74) is -0.468. The van der Waals surface area contributed by atoms with E-state index in [-0.39, 0.29) is 5.92 Å². The standard InChI is InChI=1S/C10H15N3O4S/c1-7-11-9(17-12-7)10-5-13(18(2,14)15)3-8(10)4-16-6-10/h8H,3-6H2,1-2H3/t8-,10-/m1/s1. The van der Waals surface area contributed by atoms with Gasteiger partial charge in [0, 0.05) is 19.0 Å². The van der Waals surface area contributed by atoms with Gasteiger partial charge < -0.3 is 9.26 Å². The van der Waals surface area contributed by atoms with Crippen LogP contribution in [-0.2, 0) is 20.2 Å². The molecule has 0 radical (unpaired) electrons. The Kier molecular flexibility index (Phi) is 2.51. The summed E-state index contributed by atoms with van der Waals surface area (Å²) in [7, 11) is -3.20. The van der Waals surface area contributed by atoms with Crippen LogP contribution in [0.4, 0.5) is 0 Å². The van der Waals surface area contributed by atoms with Crippen LogP contribution in [0.2, 0.25) is 0 Å². The first-order chi connectivity index (χ1) is 8.42. The first-order valence-electron chi connectivity index (χ1n) is 5.75. The monoisotopic (exact) mass is 273 g/mol. The van der Waals surface area contributed by atoms with E-state index >= 15 is 0 Å². The third-order valence-electron chi connectivity index (χ3n) is 3.77. The van der Waals surface area contributed by atoms with E-state index in [0.717, 1.165) is 0 Å². The van der Waals surface area contributed by atoms with Gasteiger partial charge in [0.2, 0.25) is 15.9 Å². The number of hydrogen-bond acceptors (Lipinski definition) is 6. The second-order valence-corrected chi connectivity index (χ2v) is 7.05. The van der Waals surface area contributed by atoms with Gasteiger partial charge in [-0.15, -0.1) is 0 Å². The van der Waals surface area contributed by atoms with Crippen LogP contribution in [0.15, 0.2) is 4.52 Å². The number of nitrogens with zero attached hydrogens (tertiary/aromatic N) is 3. The van der Waals surface area contributed by atoms with E-state index in [9.17, 15) is 8.42 Å². The van der Waals surface area contributed by atoms with E-state index in [1.807, 2.05) is 0 Å². The molecule has 2 aliphatic rings. The molecule has 3 rings (SSSR count). The minimum atomic E-state index is -3.20. The molecule has 1 aromatic heterocycles. The molecular formula is C10H15N3O4S. The van der Waals surface area contributed by atoms with Crippen molar-refractivity contribution in [2.45, 2.75) is 12.3 Å². The molecule has 100 valence electrons. The van der Waals surface area contributed by atoms with Gasteiger partial charge in [-0.3, -0.25) is 0 Å². The summed E-state index contributed by atoms with van der Waals surface area (Å²) in [6.07, 6.45) is 1.22. The summed E-state index contributed by atoms with van der Waals surface area (Å²) in [5.74, 6) is 1.14. The predicted octanol–water partition coefficient (Wildman–Crippen LogP) is -0.463. The Morgan fingerprint density at radius 3 is 2.89 bits per heavy atom. The highest BCUT2D eigenvalue weighted by Gasteiger charge is 2.57. The van der Waals surface area contributed by atoms with Crippen LogP contribution in [0.25, 0.3) is 0 Å². The first kappa shape index (κ1) is 12.1. The molecule has 7 nitrogen and oxygen atoms in total. The van der Waals surface area contributed by atoms with Gasteiger partial charge in [-0.1, -0.05) is 5.16 Å². The van der Waals surface area contributed by atoms with Gasteiger partial charge in [0.1, 0.15) is 0 Å². The number of aryl methyl sites for hydroxylation is 1. The normalized spacial score (nSPS) is 32.9. The van der Waals surface area contributed by atoms with E-state index in [1.54, 1.807) is 6.92 Å². The minimum absolute atomic E-state index is 0.0899. The Labute approximate surface area is 105 Å². The van der Waals surface area contributed by atoms with Gasteiger partial charge in [0.15, 0.2) is 5.82 Å². The molecule has 18 heavy (non-hydrogen) atoms. The van der Waals surface area contributed by atoms with Crippen LogP contribution < -0.4 is 0 Å². The zero-order valence-corrected chi connectivity index (χ0v) is 11.1. The van der Waals surface area contributed by atoms with Gasteiger partial charge in [-0.05, 0) is 6.92 Å². The lowest BCUT2D eigenvalue weighted by Crippen LogP contribution is -2.37. The summed E-state index contributed by atoms with van der Waals surface area (Å²) in [6.45, 7) is 3.54. The molecule has 0 aromatic carbocycles. The van der Waals surface area contributed by atoms with Crippen molar-refractivity contribution in [3.05, 3.63) is 11.7 Å². The molecule has 1 aromatic rings. The van der Waals surface area contributed by atoms with Gasteiger partial charge in [0.25, 0.3) is 0 Å². The second kappa shape index (κ2) is 3.75. The molecule has 2 aliphatic heterocycles. The summed E-state index contributed by atoms with van der Waals surface area (Å²) < 4.78 is 35.5. The number of fused-ring (bicyclic) bond motifs is 1. The van der Waals surface area contributed by atoms with Crippen LogP contribution in [-0.4, -0.2) is 55.4 Å². The van der Waals surface area contributed by atoms with E-state index < -0.39 is 15.4 Å². The molecule has 2 saturated heterocycles. The third-order valence-corrected chi connectivity index (χ3v) is 4.98. The van der Waals surface area contributed by atoms with Crippen LogP contribution in [0.3, 0.4) is 0 Å². The fourth-order valence-electron chi connectivity index (χ4n) is 2.74. The maximum Gasteiger partial charge on any atom is 0.236 e. The smallest absolute Gasteiger partial charge is 0.236 e. The Balaban J connectivity index is 1.99. The van der Waals surface area contributed by atoms with Crippen molar-refractivity contribution >= 4 is 10.0 Å². The van der Waals surface area contributed by atoms with Gasteiger partial charge in [0.05, 0.1) is 24.9 Å². The fourth-order valence-corrected chi connectivity index (χ4v) is 3.66. The van der Waals surface area contributed by atoms with E-state index in [0.29, 0.717) is 38.0 Å². The Bertz CT molecular complexity index is 569. The molecule has 0 saturated carbocycles. The van der Waals surface area contributed by atoms with Crippen molar-refractivity contribution in [3.63, 3.8) is 0 Å². The van der Waals surface area contributed by atoms with Crippen molar-refractivity contribution in [2.24, 2.45) is 5.92 Å². The molecule has 0 unspecified atom stereocenters. The van der Waals surface area contributed by atoms with Crippen molar-refractivity contribution in [3.8, 4) is 0 Å². The van der Waals surface area contributed by atoms with Crippen LogP contribution >= 0.6 is 0 Å². The average molecular weight is 273 g/mol. The lowest BCUT2D eigenvalue weighted by Gasteiger charge is -2.21. The van der Waals surface area contributed by atoms with Crippen LogP contribution in [0.1, 0.15) is 11.7 Å².